The van der Waals surface area contributed by atoms with E-state index in [1.54, 1.807) is 6.08 Å². The molecule has 3 aliphatic heterocycles. The molecule has 1 N–H and O–H groups in total. The summed E-state index contributed by atoms with van der Waals surface area (Å²) in [6.45, 7) is 3.77. The number of allylic oxidation sites excluding steroid dienone is 4. The molecule has 2 aromatic rings. The van der Waals surface area contributed by atoms with E-state index in [2.05, 4.69) is 25.0 Å². The van der Waals surface area contributed by atoms with E-state index in [4.69, 9.17) is 14.7 Å². The molecule has 5 heterocycles. The topological polar surface area (TPSA) is 81.0 Å². The minimum atomic E-state index is -0.0737. The minimum Gasteiger partial charge on any atom is -0.381 e. The van der Waals surface area contributed by atoms with Crippen molar-refractivity contribution in [2.75, 3.05) is 35.7 Å². The van der Waals surface area contributed by atoms with E-state index in [1.165, 1.54) is 4.90 Å². The van der Waals surface area contributed by atoms with Gasteiger partial charge in [-0.05, 0) is 30.9 Å². The van der Waals surface area contributed by atoms with Crippen LogP contribution < -0.4 is 10.2 Å². The summed E-state index contributed by atoms with van der Waals surface area (Å²) >= 11 is 1.84. The summed E-state index contributed by atoms with van der Waals surface area (Å²) in [6.07, 6.45) is 7.45. The molecule has 0 bridgehead atoms. The smallest absolute Gasteiger partial charge is 0.228 e. The second-order valence-electron chi connectivity index (χ2n) is 8.60. The predicted octanol–water partition coefficient (Wildman–Crippen LogP) is 3.36. The van der Waals surface area contributed by atoms with Crippen molar-refractivity contribution in [3.05, 3.63) is 35.3 Å². The summed E-state index contributed by atoms with van der Waals surface area (Å²) in [5, 5.41) is 12.5. The van der Waals surface area contributed by atoms with Crippen LogP contribution >= 0.6 is 11.8 Å². The number of nitrogens with one attached hydrogen (secondary N) is 1. The van der Waals surface area contributed by atoms with Crippen LogP contribution in [-0.4, -0.2) is 56.3 Å². The van der Waals surface area contributed by atoms with E-state index < -0.39 is 0 Å². The van der Waals surface area contributed by atoms with E-state index in [9.17, 15) is 4.39 Å². The van der Waals surface area contributed by atoms with Gasteiger partial charge in [-0.2, -0.15) is 4.98 Å². The van der Waals surface area contributed by atoms with Crippen LogP contribution in [0.25, 0.3) is 5.57 Å². The third kappa shape index (κ3) is 3.79. The zero-order valence-corrected chi connectivity index (χ0v) is 18.7. The summed E-state index contributed by atoms with van der Waals surface area (Å²) in [7, 11) is 0. The monoisotopic (exact) mass is 455 g/mol. The summed E-state index contributed by atoms with van der Waals surface area (Å²) in [4.78, 5) is 13.3. The fraction of sp³-hybridized carbons (Fsp3) is 0.545. The number of fused-ring (bicyclic) bond motifs is 2. The van der Waals surface area contributed by atoms with Gasteiger partial charge in [0.2, 0.25) is 5.95 Å². The van der Waals surface area contributed by atoms with Gasteiger partial charge in [0, 0.05) is 50.9 Å². The van der Waals surface area contributed by atoms with Crippen molar-refractivity contribution in [2.45, 2.75) is 56.1 Å². The first-order valence-corrected chi connectivity index (χ1v) is 12.3. The number of anilines is 2. The van der Waals surface area contributed by atoms with E-state index >= 15 is 0 Å². The van der Waals surface area contributed by atoms with E-state index in [0.717, 1.165) is 86.0 Å². The lowest BCUT2D eigenvalue weighted by Gasteiger charge is -2.29. The lowest BCUT2D eigenvalue weighted by Crippen LogP contribution is -2.36. The van der Waals surface area contributed by atoms with Crippen molar-refractivity contribution in [3.63, 3.8) is 0 Å². The van der Waals surface area contributed by atoms with Crippen LogP contribution in [0.3, 0.4) is 0 Å². The molecule has 0 unspecified atom stereocenters. The zero-order chi connectivity index (χ0) is 21.5. The van der Waals surface area contributed by atoms with Gasteiger partial charge in [-0.25, -0.2) is 9.37 Å². The van der Waals surface area contributed by atoms with Crippen molar-refractivity contribution < 1.29 is 9.13 Å². The van der Waals surface area contributed by atoms with Gasteiger partial charge in [-0.3, -0.25) is 0 Å². The van der Waals surface area contributed by atoms with Crippen molar-refractivity contribution in [1.82, 2.24) is 24.7 Å². The Balaban J connectivity index is 1.25. The second-order valence-corrected chi connectivity index (χ2v) is 9.70. The molecule has 10 heteroatoms. The number of thioether (sulfide) groups is 1. The Kier molecular flexibility index (Phi) is 5.34. The van der Waals surface area contributed by atoms with Gasteiger partial charge in [-0.1, -0.05) is 6.08 Å². The molecular formula is C22H26FN7OS. The molecule has 0 radical (unpaired) electrons. The molecule has 1 fully saturated rings. The number of aromatic nitrogens is 5. The summed E-state index contributed by atoms with van der Waals surface area (Å²) in [6, 6.07) is 0.395. The average molecular weight is 456 g/mol. The zero-order valence-electron chi connectivity index (χ0n) is 17.9. The maximum atomic E-state index is 13.4. The molecule has 0 atom stereocenters. The molecule has 0 amide bonds. The highest BCUT2D eigenvalue weighted by Gasteiger charge is 2.28. The molecule has 0 aromatic carbocycles. The van der Waals surface area contributed by atoms with Gasteiger partial charge < -0.3 is 19.5 Å². The predicted molar refractivity (Wildman–Crippen MR) is 121 cm³/mol. The third-order valence-corrected chi connectivity index (χ3v) is 7.62. The van der Waals surface area contributed by atoms with Crippen LogP contribution in [0.5, 0.6) is 0 Å². The largest absolute Gasteiger partial charge is 0.381 e. The number of aryl methyl sites for hydroxylation is 1. The lowest BCUT2D eigenvalue weighted by atomic mass is 10.0. The average Bonchev–Trinajstić information content (AvgIpc) is 3.47. The van der Waals surface area contributed by atoms with Crippen LogP contribution in [0, 0.1) is 0 Å². The fourth-order valence-corrected chi connectivity index (χ4v) is 5.75. The van der Waals surface area contributed by atoms with Gasteiger partial charge in [0.05, 0.1) is 17.1 Å². The first-order chi connectivity index (χ1) is 15.7. The third-order valence-electron chi connectivity index (χ3n) is 6.49. The van der Waals surface area contributed by atoms with E-state index in [-0.39, 0.29) is 5.83 Å². The molecule has 2 aromatic heterocycles. The Morgan fingerprint density at radius 2 is 1.97 bits per heavy atom. The number of hydrogen-bond donors (Lipinski definition) is 1. The van der Waals surface area contributed by atoms with E-state index in [0.29, 0.717) is 25.4 Å². The quantitative estimate of drug-likeness (QED) is 0.752. The molecule has 1 aliphatic carbocycles. The summed E-state index contributed by atoms with van der Waals surface area (Å²) < 4.78 is 21.1. The molecule has 0 spiro atoms. The molecule has 4 aliphatic rings. The first kappa shape index (κ1) is 20.2. The highest BCUT2D eigenvalue weighted by atomic mass is 32.2. The normalized spacial score (nSPS) is 21.1. The van der Waals surface area contributed by atoms with Gasteiger partial charge >= 0.3 is 0 Å². The minimum absolute atomic E-state index is 0.0737. The second kappa shape index (κ2) is 8.47. The Bertz CT molecular complexity index is 1090. The Morgan fingerprint density at radius 3 is 2.81 bits per heavy atom. The first-order valence-electron chi connectivity index (χ1n) is 11.4. The molecule has 6 rings (SSSR count). The molecule has 168 valence electrons. The summed E-state index contributed by atoms with van der Waals surface area (Å²) in [5.74, 6) is 4.47. The molecule has 1 saturated heterocycles. The van der Waals surface area contributed by atoms with Crippen LogP contribution in [0.15, 0.2) is 22.9 Å². The highest BCUT2D eigenvalue weighted by molar-refractivity contribution is 7.99. The number of hydrogen-bond acceptors (Lipinski definition) is 8. The van der Waals surface area contributed by atoms with Crippen molar-refractivity contribution >= 4 is 29.1 Å². The maximum absolute atomic E-state index is 13.4. The maximum Gasteiger partial charge on any atom is 0.228 e. The van der Waals surface area contributed by atoms with Crippen LogP contribution in [-0.2, 0) is 24.2 Å². The van der Waals surface area contributed by atoms with Crippen molar-refractivity contribution in [1.29, 1.82) is 0 Å². The highest BCUT2D eigenvalue weighted by Crippen LogP contribution is 2.38. The van der Waals surface area contributed by atoms with Crippen LogP contribution in [0.1, 0.15) is 43.0 Å². The standard InChI is InChI=1S/C22H26FN7OS/c23-15-3-1-14(2-4-15)21-28-27-18-13-29(8-9-30(18)21)22-25-17-7-12-32-19(17)20(26-22)24-16-5-10-31-11-6-16/h1,3,16H,2,4-13H2,(H,24,25,26). The number of nitrogens with zero attached hydrogens (tertiary/aromatic N) is 6. The number of rotatable bonds is 4. The van der Waals surface area contributed by atoms with E-state index in [1.807, 2.05) is 17.8 Å². The van der Waals surface area contributed by atoms with Crippen LogP contribution in [0.4, 0.5) is 16.2 Å². The summed E-state index contributed by atoms with van der Waals surface area (Å²) in [5.41, 5.74) is 2.19. The Morgan fingerprint density at radius 1 is 1.06 bits per heavy atom. The molecule has 32 heavy (non-hydrogen) atoms. The molecule has 0 saturated carbocycles. The van der Waals surface area contributed by atoms with Crippen molar-refractivity contribution in [2.24, 2.45) is 0 Å². The molecule has 8 nitrogen and oxygen atoms in total. The van der Waals surface area contributed by atoms with Crippen LogP contribution in [0.2, 0.25) is 0 Å². The Hall–Kier alpha value is -2.46. The van der Waals surface area contributed by atoms with Gasteiger partial charge in [-0.15, -0.1) is 22.0 Å². The number of ether oxygens (including phenoxy) is 1. The molecular weight excluding hydrogens is 429 g/mol. The van der Waals surface area contributed by atoms with Gasteiger partial charge in [0.1, 0.15) is 11.6 Å². The lowest BCUT2D eigenvalue weighted by molar-refractivity contribution is 0.0903. The fourth-order valence-electron chi connectivity index (χ4n) is 4.69. The number of halogens is 1. The SMILES string of the molecule is FC1=CC=C(c2nnc3n2CCN(c2nc4c(c(NC5CCOCC5)n2)SCC4)C3)CC1. The van der Waals surface area contributed by atoms with Gasteiger partial charge in [0.15, 0.2) is 11.6 Å². The van der Waals surface area contributed by atoms with Gasteiger partial charge in [0.25, 0.3) is 0 Å². The van der Waals surface area contributed by atoms with Crippen molar-refractivity contribution in [3.8, 4) is 0 Å². The Labute approximate surface area is 190 Å².